The van der Waals surface area contributed by atoms with Crippen molar-refractivity contribution in [3.63, 3.8) is 0 Å². The summed E-state index contributed by atoms with van der Waals surface area (Å²) in [5.74, 6) is 0.323. The molecule has 0 bridgehead atoms. The molecule has 36 heavy (non-hydrogen) atoms. The number of phenolic OH excluding ortho intramolecular Hbond substituents is 2. The van der Waals surface area contributed by atoms with E-state index in [0.29, 0.717) is 24.3 Å². The first-order chi connectivity index (χ1) is 16.8. The first kappa shape index (κ1) is 29.2. The van der Waals surface area contributed by atoms with Gasteiger partial charge in [0.15, 0.2) is 0 Å². The molecule has 0 radical (unpaired) electrons. The third-order valence-corrected chi connectivity index (χ3v) is 7.06. The highest BCUT2D eigenvalue weighted by Gasteiger charge is 2.17. The molecule has 0 aliphatic heterocycles. The van der Waals surface area contributed by atoms with E-state index in [1.807, 2.05) is 67.5 Å². The molecule has 6 heteroatoms. The van der Waals surface area contributed by atoms with Crippen molar-refractivity contribution in [2.24, 2.45) is 0 Å². The van der Waals surface area contributed by atoms with E-state index in [9.17, 15) is 19.8 Å². The van der Waals surface area contributed by atoms with Crippen molar-refractivity contribution in [2.45, 2.75) is 92.9 Å². The molecular formula is C30H42O6. The third-order valence-electron chi connectivity index (χ3n) is 7.06. The fourth-order valence-electron chi connectivity index (χ4n) is 4.33. The smallest absolute Gasteiger partial charge is 0.306 e. The van der Waals surface area contributed by atoms with Crippen LogP contribution in [0, 0.1) is 27.7 Å². The monoisotopic (exact) mass is 498 g/mol. The number of carbonyl (C=O) groups is 2. The summed E-state index contributed by atoms with van der Waals surface area (Å²) in [4.78, 5) is 24.4. The number of ether oxygens (including phenoxy) is 2. The fourth-order valence-corrected chi connectivity index (χ4v) is 4.33. The Balaban J connectivity index is 1.79. The molecule has 0 spiro atoms. The Bertz CT molecular complexity index is 1010. The summed E-state index contributed by atoms with van der Waals surface area (Å²) in [7, 11) is 0. The first-order valence-electron chi connectivity index (χ1n) is 12.8. The average molecular weight is 499 g/mol. The van der Waals surface area contributed by atoms with Crippen LogP contribution in [-0.4, -0.2) is 35.4 Å². The van der Waals surface area contributed by atoms with Crippen LogP contribution in [0.4, 0.5) is 0 Å². The van der Waals surface area contributed by atoms with E-state index in [4.69, 9.17) is 9.47 Å². The number of aryl methyl sites for hydroxylation is 2. The van der Waals surface area contributed by atoms with Crippen molar-refractivity contribution in [3.8, 4) is 11.5 Å². The topological polar surface area (TPSA) is 93.1 Å². The number of esters is 2. The molecule has 0 amide bonds. The Morgan fingerprint density at radius 1 is 0.667 bits per heavy atom. The lowest BCUT2D eigenvalue weighted by atomic mass is 9.91. The lowest BCUT2D eigenvalue weighted by molar-refractivity contribution is -0.152. The zero-order chi connectivity index (χ0) is 27.2. The van der Waals surface area contributed by atoms with Crippen LogP contribution in [0.3, 0.4) is 0 Å². The Kier molecular flexibility index (Phi) is 10.4. The fraction of sp³-hybridized carbons (Fsp3) is 0.533. The molecule has 0 aliphatic carbocycles. The van der Waals surface area contributed by atoms with E-state index in [1.54, 1.807) is 0 Å². The standard InChI is InChI=1S/C30H42O6/c1-17(2)25-15-23(19(5)21(7)29(25)33)9-11-27(31)35-13-14-36-28(32)12-10-24-16-26(18(3)4)30(34)22(8)20(24)6/h15-18,33-34H,9-14H2,1-8H3. The molecule has 0 saturated carbocycles. The zero-order valence-corrected chi connectivity index (χ0v) is 23.1. The molecule has 2 aromatic rings. The number of hydrogen-bond donors (Lipinski definition) is 2. The third kappa shape index (κ3) is 7.25. The maximum atomic E-state index is 12.2. The van der Waals surface area contributed by atoms with E-state index < -0.39 is 0 Å². The highest BCUT2D eigenvalue weighted by Crippen LogP contribution is 2.34. The summed E-state index contributed by atoms with van der Waals surface area (Å²) in [5, 5.41) is 20.7. The maximum absolute atomic E-state index is 12.2. The molecule has 0 aromatic heterocycles. The normalized spacial score (nSPS) is 11.3. The number of carbonyl (C=O) groups excluding carboxylic acids is 2. The summed E-state index contributed by atoms with van der Waals surface area (Å²) in [6.45, 7) is 15.8. The van der Waals surface area contributed by atoms with E-state index in [-0.39, 0.29) is 49.8 Å². The van der Waals surface area contributed by atoms with Crippen molar-refractivity contribution in [3.05, 3.63) is 56.6 Å². The van der Waals surface area contributed by atoms with Gasteiger partial charge < -0.3 is 19.7 Å². The summed E-state index contributed by atoms with van der Waals surface area (Å²) in [5.41, 5.74) is 7.47. The van der Waals surface area contributed by atoms with Gasteiger partial charge in [0.25, 0.3) is 0 Å². The Labute approximate surface area is 215 Å². The second kappa shape index (κ2) is 12.8. The minimum Gasteiger partial charge on any atom is -0.507 e. The minimum absolute atomic E-state index is 0.0181. The lowest BCUT2D eigenvalue weighted by Crippen LogP contribution is -2.15. The summed E-state index contributed by atoms with van der Waals surface area (Å²) in [6.07, 6.45) is 1.48. The van der Waals surface area contributed by atoms with E-state index in [2.05, 4.69) is 0 Å². The van der Waals surface area contributed by atoms with Crippen LogP contribution in [-0.2, 0) is 31.9 Å². The number of rotatable bonds is 11. The van der Waals surface area contributed by atoms with Gasteiger partial charge in [0.2, 0.25) is 0 Å². The molecule has 0 heterocycles. The molecule has 0 saturated heterocycles. The highest BCUT2D eigenvalue weighted by atomic mass is 16.6. The summed E-state index contributed by atoms with van der Waals surface area (Å²) < 4.78 is 10.5. The van der Waals surface area contributed by atoms with Crippen molar-refractivity contribution in [1.82, 2.24) is 0 Å². The maximum Gasteiger partial charge on any atom is 0.306 e. The number of aromatic hydroxyl groups is 2. The molecule has 0 fully saturated rings. The van der Waals surface area contributed by atoms with Crippen molar-refractivity contribution in [1.29, 1.82) is 0 Å². The lowest BCUT2D eigenvalue weighted by Gasteiger charge is -2.17. The molecule has 0 aliphatic rings. The van der Waals surface area contributed by atoms with Crippen LogP contribution >= 0.6 is 0 Å². The number of phenols is 2. The predicted molar refractivity (Wildman–Crippen MR) is 142 cm³/mol. The van der Waals surface area contributed by atoms with Crippen LogP contribution < -0.4 is 0 Å². The van der Waals surface area contributed by atoms with Crippen LogP contribution in [0.15, 0.2) is 12.1 Å². The van der Waals surface area contributed by atoms with E-state index >= 15 is 0 Å². The second-order valence-corrected chi connectivity index (χ2v) is 10.2. The van der Waals surface area contributed by atoms with Gasteiger partial charge in [-0.15, -0.1) is 0 Å². The number of benzene rings is 2. The van der Waals surface area contributed by atoms with Crippen molar-refractivity contribution in [2.75, 3.05) is 13.2 Å². The van der Waals surface area contributed by atoms with Gasteiger partial charge in [0.05, 0.1) is 0 Å². The van der Waals surface area contributed by atoms with Gasteiger partial charge >= 0.3 is 11.9 Å². The molecule has 6 nitrogen and oxygen atoms in total. The van der Waals surface area contributed by atoms with Gasteiger partial charge in [-0.1, -0.05) is 39.8 Å². The Morgan fingerprint density at radius 3 is 1.31 bits per heavy atom. The molecule has 2 N–H and O–H groups in total. The quantitative estimate of drug-likeness (QED) is 0.282. The van der Waals surface area contributed by atoms with Gasteiger partial charge in [-0.25, -0.2) is 0 Å². The van der Waals surface area contributed by atoms with Crippen LogP contribution in [0.25, 0.3) is 0 Å². The minimum atomic E-state index is -0.348. The number of hydrogen-bond acceptors (Lipinski definition) is 6. The molecule has 0 unspecified atom stereocenters. The second-order valence-electron chi connectivity index (χ2n) is 10.2. The predicted octanol–water partition coefficient (Wildman–Crippen LogP) is 6.23. The van der Waals surface area contributed by atoms with Gasteiger partial charge in [0, 0.05) is 12.8 Å². The van der Waals surface area contributed by atoms with E-state index in [0.717, 1.165) is 44.5 Å². The molecule has 2 rings (SSSR count). The zero-order valence-electron chi connectivity index (χ0n) is 23.1. The van der Waals surface area contributed by atoms with Gasteiger partial charge in [-0.3, -0.25) is 9.59 Å². The summed E-state index contributed by atoms with van der Waals surface area (Å²) in [6, 6.07) is 3.94. The largest absolute Gasteiger partial charge is 0.507 e. The van der Waals surface area contributed by atoms with Gasteiger partial charge in [-0.2, -0.15) is 0 Å². The first-order valence-corrected chi connectivity index (χ1v) is 12.8. The van der Waals surface area contributed by atoms with E-state index in [1.165, 1.54) is 0 Å². The highest BCUT2D eigenvalue weighted by molar-refractivity contribution is 5.71. The van der Waals surface area contributed by atoms with Crippen LogP contribution in [0.1, 0.15) is 96.9 Å². The van der Waals surface area contributed by atoms with Gasteiger partial charge in [-0.05, 0) is 96.9 Å². The van der Waals surface area contributed by atoms with Crippen LogP contribution in [0.2, 0.25) is 0 Å². The molecule has 0 atom stereocenters. The van der Waals surface area contributed by atoms with Crippen LogP contribution in [0.5, 0.6) is 11.5 Å². The summed E-state index contributed by atoms with van der Waals surface area (Å²) >= 11 is 0. The molecular weight excluding hydrogens is 456 g/mol. The molecule has 198 valence electrons. The Hall–Kier alpha value is -3.02. The van der Waals surface area contributed by atoms with Crippen molar-refractivity contribution >= 4 is 11.9 Å². The SMILES string of the molecule is Cc1c(CCC(=O)OCCOC(=O)CCc2cc(C(C)C)c(O)c(C)c2C)cc(C(C)C)c(O)c1C. The van der Waals surface area contributed by atoms with Gasteiger partial charge in [0.1, 0.15) is 24.7 Å². The molecule has 2 aromatic carbocycles. The van der Waals surface area contributed by atoms with Crippen molar-refractivity contribution < 1.29 is 29.3 Å². The Morgan fingerprint density at radius 2 is 1.00 bits per heavy atom. The average Bonchev–Trinajstić information content (AvgIpc) is 2.82.